The molecule has 1 unspecified atom stereocenters. The van der Waals surface area contributed by atoms with Crippen molar-refractivity contribution >= 4 is 5.82 Å². The number of rotatable bonds is 6. The Hall–Kier alpha value is -1.03. The number of anilines is 1. The first kappa shape index (κ1) is 16.0. The number of hydrogen-bond donors (Lipinski definition) is 1. The highest BCUT2D eigenvalue weighted by atomic mass is 15.4. The lowest BCUT2D eigenvalue weighted by atomic mass is 9.98. The highest BCUT2D eigenvalue weighted by Gasteiger charge is 2.27. The molecule has 4 nitrogen and oxygen atoms in total. The number of aromatic nitrogens is 2. The van der Waals surface area contributed by atoms with E-state index in [2.05, 4.69) is 51.7 Å². The maximum absolute atomic E-state index is 6.14. The molecule has 1 heterocycles. The van der Waals surface area contributed by atoms with Crippen molar-refractivity contribution in [2.75, 3.05) is 11.9 Å². The summed E-state index contributed by atoms with van der Waals surface area (Å²) in [6, 6.07) is 0.208. The second-order valence-corrected chi connectivity index (χ2v) is 6.11. The molecule has 0 aliphatic rings. The molecular formula is C15H30N4. The van der Waals surface area contributed by atoms with E-state index in [4.69, 9.17) is 5.73 Å². The third kappa shape index (κ3) is 3.30. The van der Waals surface area contributed by atoms with Gasteiger partial charge >= 0.3 is 0 Å². The van der Waals surface area contributed by atoms with E-state index in [9.17, 15) is 0 Å². The number of nitrogens with two attached hydrogens (primary N) is 1. The van der Waals surface area contributed by atoms with Gasteiger partial charge in [0, 0.05) is 31.2 Å². The summed E-state index contributed by atoms with van der Waals surface area (Å²) in [5, 5.41) is 4.59. The molecule has 19 heavy (non-hydrogen) atoms. The number of hydrogen-bond acceptors (Lipinski definition) is 3. The lowest BCUT2D eigenvalue weighted by Gasteiger charge is -2.37. The van der Waals surface area contributed by atoms with Gasteiger partial charge in [-0.25, -0.2) is 0 Å². The van der Waals surface area contributed by atoms with Crippen LogP contribution in [0.4, 0.5) is 5.82 Å². The van der Waals surface area contributed by atoms with Gasteiger partial charge in [-0.2, -0.15) is 5.10 Å². The van der Waals surface area contributed by atoms with Crippen molar-refractivity contribution in [3.63, 3.8) is 0 Å². The minimum absolute atomic E-state index is 0.116. The number of aryl methyl sites for hydroxylation is 2. The van der Waals surface area contributed by atoms with Gasteiger partial charge < -0.3 is 10.6 Å². The Labute approximate surface area is 118 Å². The normalized spacial score (nSPS) is 13.7. The molecule has 0 aliphatic heterocycles. The summed E-state index contributed by atoms with van der Waals surface area (Å²) in [5.41, 5.74) is 8.64. The average Bonchev–Trinajstić information content (AvgIpc) is 2.63. The molecule has 0 radical (unpaired) electrons. The van der Waals surface area contributed by atoms with E-state index in [0.717, 1.165) is 25.0 Å². The van der Waals surface area contributed by atoms with Crippen LogP contribution in [0.2, 0.25) is 0 Å². The first-order chi connectivity index (χ1) is 8.74. The topological polar surface area (TPSA) is 47.1 Å². The molecule has 110 valence electrons. The summed E-state index contributed by atoms with van der Waals surface area (Å²) in [5.74, 6) is 1.20. The Balaban J connectivity index is 3.19. The fraction of sp³-hybridized carbons (Fsp3) is 0.800. The van der Waals surface area contributed by atoms with Crippen LogP contribution >= 0.6 is 0 Å². The second kappa shape index (κ2) is 5.95. The van der Waals surface area contributed by atoms with Crippen LogP contribution in [0.1, 0.15) is 51.8 Å². The third-order valence-corrected chi connectivity index (χ3v) is 4.39. The third-order valence-electron chi connectivity index (χ3n) is 4.39. The van der Waals surface area contributed by atoms with Crippen molar-refractivity contribution in [3.8, 4) is 0 Å². The SMILES string of the molecule is CCC(N)Cc1c(C)nn(C)c1N(C)C(C)(C)CC. The summed E-state index contributed by atoms with van der Waals surface area (Å²) >= 11 is 0. The highest BCUT2D eigenvalue weighted by Crippen LogP contribution is 2.30. The van der Waals surface area contributed by atoms with Crippen molar-refractivity contribution in [2.24, 2.45) is 12.8 Å². The molecule has 0 saturated carbocycles. The predicted octanol–water partition coefficient (Wildman–Crippen LogP) is 2.63. The van der Waals surface area contributed by atoms with Gasteiger partial charge in [-0.05, 0) is 40.0 Å². The van der Waals surface area contributed by atoms with Gasteiger partial charge in [0.2, 0.25) is 0 Å². The molecule has 0 spiro atoms. The second-order valence-electron chi connectivity index (χ2n) is 6.11. The molecule has 4 heteroatoms. The largest absolute Gasteiger partial charge is 0.355 e. The summed E-state index contributed by atoms with van der Waals surface area (Å²) in [6.45, 7) is 11.0. The van der Waals surface area contributed by atoms with Crippen LogP contribution in [-0.2, 0) is 13.5 Å². The highest BCUT2D eigenvalue weighted by molar-refractivity contribution is 5.52. The van der Waals surface area contributed by atoms with E-state index in [1.165, 1.54) is 11.4 Å². The summed E-state index contributed by atoms with van der Waals surface area (Å²) in [4.78, 5) is 2.34. The van der Waals surface area contributed by atoms with Crippen molar-refractivity contribution in [2.45, 2.75) is 65.5 Å². The van der Waals surface area contributed by atoms with Gasteiger partial charge in [0.1, 0.15) is 5.82 Å². The van der Waals surface area contributed by atoms with Gasteiger partial charge in [0.25, 0.3) is 0 Å². The summed E-state index contributed by atoms with van der Waals surface area (Å²) in [7, 11) is 4.17. The van der Waals surface area contributed by atoms with E-state index >= 15 is 0 Å². The molecule has 0 aliphatic carbocycles. The van der Waals surface area contributed by atoms with Crippen LogP contribution in [0.15, 0.2) is 0 Å². The van der Waals surface area contributed by atoms with Gasteiger partial charge in [0.15, 0.2) is 0 Å². The van der Waals surface area contributed by atoms with Crippen molar-refractivity contribution < 1.29 is 0 Å². The minimum Gasteiger partial charge on any atom is -0.355 e. The van der Waals surface area contributed by atoms with E-state index in [0.29, 0.717) is 0 Å². The van der Waals surface area contributed by atoms with E-state index in [1.807, 2.05) is 11.7 Å². The van der Waals surface area contributed by atoms with Crippen LogP contribution in [0.5, 0.6) is 0 Å². The zero-order valence-electron chi connectivity index (χ0n) is 13.6. The molecule has 0 aromatic carbocycles. The van der Waals surface area contributed by atoms with Crippen molar-refractivity contribution in [1.82, 2.24) is 9.78 Å². The van der Waals surface area contributed by atoms with E-state index in [-0.39, 0.29) is 11.6 Å². The maximum Gasteiger partial charge on any atom is 0.130 e. The first-order valence-corrected chi connectivity index (χ1v) is 7.26. The molecule has 0 bridgehead atoms. The minimum atomic E-state index is 0.116. The monoisotopic (exact) mass is 266 g/mol. The maximum atomic E-state index is 6.14. The van der Waals surface area contributed by atoms with Crippen LogP contribution < -0.4 is 10.6 Å². The van der Waals surface area contributed by atoms with Gasteiger partial charge in [-0.15, -0.1) is 0 Å². The van der Waals surface area contributed by atoms with E-state index < -0.39 is 0 Å². The summed E-state index contributed by atoms with van der Waals surface area (Å²) in [6.07, 6.45) is 2.98. The average molecular weight is 266 g/mol. The molecule has 0 saturated heterocycles. The zero-order chi connectivity index (χ0) is 14.8. The van der Waals surface area contributed by atoms with Crippen LogP contribution in [-0.4, -0.2) is 28.4 Å². The molecular weight excluding hydrogens is 236 g/mol. The van der Waals surface area contributed by atoms with Crippen molar-refractivity contribution in [1.29, 1.82) is 0 Å². The fourth-order valence-electron chi connectivity index (χ4n) is 2.28. The molecule has 1 aromatic heterocycles. The van der Waals surface area contributed by atoms with Crippen LogP contribution in [0, 0.1) is 6.92 Å². The predicted molar refractivity (Wildman–Crippen MR) is 82.7 cm³/mol. The summed E-state index contributed by atoms with van der Waals surface area (Å²) < 4.78 is 1.99. The standard InChI is InChI=1S/C15H30N4/c1-8-12(16)10-13-11(3)17-19(7)14(13)18(6)15(4,5)9-2/h12H,8-10,16H2,1-7H3. The van der Waals surface area contributed by atoms with Crippen LogP contribution in [0.25, 0.3) is 0 Å². The Kier molecular flexibility index (Phi) is 5.02. The van der Waals surface area contributed by atoms with Crippen molar-refractivity contribution in [3.05, 3.63) is 11.3 Å². The molecule has 1 atom stereocenters. The first-order valence-electron chi connectivity index (χ1n) is 7.26. The van der Waals surface area contributed by atoms with Gasteiger partial charge in [-0.3, -0.25) is 4.68 Å². The Bertz CT molecular complexity index is 420. The van der Waals surface area contributed by atoms with Gasteiger partial charge in [0.05, 0.1) is 5.69 Å². The lowest BCUT2D eigenvalue weighted by molar-refractivity contribution is 0.458. The Morgan fingerprint density at radius 2 is 1.95 bits per heavy atom. The van der Waals surface area contributed by atoms with Gasteiger partial charge in [-0.1, -0.05) is 13.8 Å². The fourth-order valence-corrected chi connectivity index (χ4v) is 2.28. The quantitative estimate of drug-likeness (QED) is 0.861. The number of nitrogens with zero attached hydrogens (tertiary/aromatic N) is 3. The Morgan fingerprint density at radius 1 is 1.37 bits per heavy atom. The Morgan fingerprint density at radius 3 is 2.42 bits per heavy atom. The van der Waals surface area contributed by atoms with Crippen LogP contribution in [0.3, 0.4) is 0 Å². The molecule has 0 amide bonds. The molecule has 0 fully saturated rings. The van der Waals surface area contributed by atoms with E-state index in [1.54, 1.807) is 0 Å². The molecule has 1 rings (SSSR count). The molecule has 1 aromatic rings. The zero-order valence-corrected chi connectivity index (χ0v) is 13.6. The molecule has 2 N–H and O–H groups in total. The lowest BCUT2D eigenvalue weighted by Crippen LogP contribution is -2.42. The smallest absolute Gasteiger partial charge is 0.130 e.